The number of aromatic amines is 1. The highest BCUT2D eigenvalue weighted by molar-refractivity contribution is 5.31. The highest BCUT2D eigenvalue weighted by Gasteiger charge is 2.19. The lowest BCUT2D eigenvalue weighted by Crippen LogP contribution is -2.50. The molecule has 1 aromatic heterocycles. The summed E-state index contributed by atoms with van der Waals surface area (Å²) in [6.45, 7) is 6.03. The standard InChI is InChI=1S/C9H14N2O/c1-6-3-9(7(2)11-6)12-8-4-10-5-8/h3,8,10-11H,4-5H2,1-2H3. The van der Waals surface area contributed by atoms with Crippen molar-refractivity contribution in [1.82, 2.24) is 10.3 Å². The monoisotopic (exact) mass is 166 g/mol. The van der Waals surface area contributed by atoms with Gasteiger partial charge in [-0.2, -0.15) is 0 Å². The molecule has 0 aromatic carbocycles. The van der Waals surface area contributed by atoms with Gasteiger partial charge in [0.25, 0.3) is 0 Å². The third kappa shape index (κ3) is 1.32. The molecule has 0 amide bonds. The van der Waals surface area contributed by atoms with Crippen LogP contribution in [0.4, 0.5) is 0 Å². The fourth-order valence-electron chi connectivity index (χ4n) is 1.35. The van der Waals surface area contributed by atoms with Gasteiger partial charge in [0.05, 0.1) is 5.69 Å². The molecule has 2 heterocycles. The van der Waals surface area contributed by atoms with E-state index in [4.69, 9.17) is 4.74 Å². The number of hydrogen-bond acceptors (Lipinski definition) is 2. The van der Waals surface area contributed by atoms with Crippen molar-refractivity contribution in [2.45, 2.75) is 20.0 Å². The first-order valence-corrected chi connectivity index (χ1v) is 4.29. The van der Waals surface area contributed by atoms with Crippen molar-refractivity contribution in [1.29, 1.82) is 0 Å². The normalized spacial score (nSPS) is 17.5. The third-order valence-electron chi connectivity index (χ3n) is 2.14. The first kappa shape index (κ1) is 7.68. The first-order valence-electron chi connectivity index (χ1n) is 4.29. The van der Waals surface area contributed by atoms with Crippen LogP contribution in [-0.2, 0) is 0 Å². The number of ether oxygens (including phenoxy) is 1. The maximum absolute atomic E-state index is 5.71. The molecule has 0 spiro atoms. The Hall–Kier alpha value is -0.960. The van der Waals surface area contributed by atoms with Gasteiger partial charge in [0, 0.05) is 24.8 Å². The van der Waals surface area contributed by atoms with Gasteiger partial charge in [0.1, 0.15) is 11.9 Å². The molecule has 1 aromatic rings. The number of H-pyrrole nitrogens is 1. The zero-order valence-electron chi connectivity index (χ0n) is 7.48. The Labute approximate surface area is 72.1 Å². The van der Waals surface area contributed by atoms with E-state index in [0.717, 1.165) is 30.2 Å². The quantitative estimate of drug-likeness (QED) is 0.687. The summed E-state index contributed by atoms with van der Waals surface area (Å²) in [5.74, 6) is 0.999. The summed E-state index contributed by atoms with van der Waals surface area (Å²) in [6.07, 6.45) is 0.374. The average Bonchev–Trinajstić information content (AvgIpc) is 2.21. The fourth-order valence-corrected chi connectivity index (χ4v) is 1.35. The van der Waals surface area contributed by atoms with E-state index < -0.39 is 0 Å². The van der Waals surface area contributed by atoms with Crippen LogP contribution in [-0.4, -0.2) is 24.2 Å². The van der Waals surface area contributed by atoms with Crippen LogP contribution >= 0.6 is 0 Å². The van der Waals surface area contributed by atoms with Crippen molar-refractivity contribution in [3.63, 3.8) is 0 Å². The van der Waals surface area contributed by atoms with E-state index in [0.29, 0.717) is 6.10 Å². The van der Waals surface area contributed by atoms with Crippen molar-refractivity contribution in [2.75, 3.05) is 13.1 Å². The van der Waals surface area contributed by atoms with Gasteiger partial charge in [-0.3, -0.25) is 0 Å². The number of nitrogens with one attached hydrogen (secondary N) is 2. The maximum atomic E-state index is 5.71. The van der Waals surface area contributed by atoms with Gasteiger partial charge >= 0.3 is 0 Å². The van der Waals surface area contributed by atoms with E-state index in [2.05, 4.69) is 10.3 Å². The Balaban J connectivity index is 2.05. The molecule has 3 nitrogen and oxygen atoms in total. The molecule has 2 N–H and O–H groups in total. The van der Waals surface area contributed by atoms with Crippen LogP contribution in [0.15, 0.2) is 6.07 Å². The predicted molar refractivity (Wildman–Crippen MR) is 47.6 cm³/mol. The summed E-state index contributed by atoms with van der Waals surface area (Å²) in [5.41, 5.74) is 2.29. The summed E-state index contributed by atoms with van der Waals surface area (Å²) in [4.78, 5) is 3.22. The van der Waals surface area contributed by atoms with Crippen LogP contribution in [0.3, 0.4) is 0 Å². The van der Waals surface area contributed by atoms with Crippen molar-refractivity contribution < 1.29 is 4.74 Å². The van der Waals surface area contributed by atoms with Gasteiger partial charge in [-0.15, -0.1) is 0 Å². The second-order valence-electron chi connectivity index (χ2n) is 3.34. The van der Waals surface area contributed by atoms with Gasteiger partial charge in [-0.1, -0.05) is 0 Å². The van der Waals surface area contributed by atoms with Crippen LogP contribution in [0.2, 0.25) is 0 Å². The zero-order chi connectivity index (χ0) is 8.55. The first-order chi connectivity index (χ1) is 5.75. The lowest BCUT2D eigenvalue weighted by atomic mass is 10.2. The number of aryl methyl sites for hydroxylation is 2. The Morgan fingerprint density at radius 1 is 1.42 bits per heavy atom. The molecule has 0 atom stereocenters. The Bertz CT molecular complexity index is 276. The molecule has 0 aliphatic carbocycles. The molecular formula is C9H14N2O. The van der Waals surface area contributed by atoms with E-state index in [1.807, 2.05) is 19.9 Å². The van der Waals surface area contributed by atoms with Crippen LogP contribution in [0.25, 0.3) is 0 Å². The Kier molecular flexibility index (Phi) is 1.81. The average molecular weight is 166 g/mol. The van der Waals surface area contributed by atoms with Crippen LogP contribution < -0.4 is 10.1 Å². The third-order valence-corrected chi connectivity index (χ3v) is 2.14. The molecule has 66 valence electrons. The van der Waals surface area contributed by atoms with Gasteiger partial charge in [0.15, 0.2) is 0 Å². The second kappa shape index (κ2) is 2.83. The summed E-state index contributed by atoms with van der Waals surface area (Å²) in [5, 5.41) is 3.17. The van der Waals surface area contributed by atoms with Crippen LogP contribution in [0, 0.1) is 13.8 Å². The summed E-state index contributed by atoms with van der Waals surface area (Å²) in [7, 11) is 0. The molecule has 0 radical (unpaired) electrons. The molecule has 1 fully saturated rings. The molecule has 1 saturated heterocycles. The molecule has 1 aliphatic rings. The minimum atomic E-state index is 0.374. The molecule has 1 aliphatic heterocycles. The second-order valence-corrected chi connectivity index (χ2v) is 3.34. The summed E-state index contributed by atoms with van der Waals surface area (Å²) in [6, 6.07) is 2.05. The van der Waals surface area contributed by atoms with Gasteiger partial charge in [0.2, 0.25) is 0 Å². The highest BCUT2D eigenvalue weighted by Crippen LogP contribution is 2.20. The molecule has 0 unspecified atom stereocenters. The highest BCUT2D eigenvalue weighted by atomic mass is 16.5. The minimum Gasteiger partial charge on any atom is -0.486 e. The van der Waals surface area contributed by atoms with Crippen molar-refractivity contribution in [3.05, 3.63) is 17.5 Å². The van der Waals surface area contributed by atoms with E-state index in [1.165, 1.54) is 0 Å². The van der Waals surface area contributed by atoms with Crippen LogP contribution in [0.1, 0.15) is 11.4 Å². The van der Waals surface area contributed by atoms with E-state index in [-0.39, 0.29) is 0 Å². The molecule has 2 rings (SSSR count). The number of aromatic nitrogens is 1. The smallest absolute Gasteiger partial charge is 0.140 e. The van der Waals surface area contributed by atoms with Crippen molar-refractivity contribution in [3.8, 4) is 5.75 Å². The lowest BCUT2D eigenvalue weighted by molar-refractivity contribution is 0.141. The molecule has 0 bridgehead atoms. The molecular weight excluding hydrogens is 152 g/mol. The SMILES string of the molecule is Cc1cc(OC2CNC2)c(C)[nH]1. The lowest BCUT2D eigenvalue weighted by Gasteiger charge is -2.27. The Morgan fingerprint density at radius 3 is 2.58 bits per heavy atom. The van der Waals surface area contributed by atoms with E-state index in [9.17, 15) is 0 Å². The number of hydrogen-bond donors (Lipinski definition) is 2. The fraction of sp³-hybridized carbons (Fsp3) is 0.556. The summed E-state index contributed by atoms with van der Waals surface area (Å²) < 4.78 is 5.71. The van der Waals surface area contributed by atoms with Gasteiger partial charge in [-0.05, 0) is 13.8 Å². The topological polar surface area (TPSA) is 37.0 Å². The Morgan fingerprint density at radius 2 is 2.17 bits per heavy atom. The minimum absolute atomic E-state index is 0.374. The summed E-state index contributed by atoms with van der Waals surface area (Å²) >= 11 is 0. The van der Waals surface area contributed by atoms with Gasteiger partial charge < -0.3 is 15.0 Å². The zero-order valence-corrected chi connectivity index (χ0v) is 7.48. The largest absolute Gasteiger partial charge is 0.486 e. The molecule has 0 saturated carbocycles. The van der Waals surface area contributed by atoms with Crippen LogP contribution in [0.5, 0.6) is 5.75 Å². The van der Waals surface area contributed by atoms with E-state index in [1.54, 1.807) is 0 Å². The maximum Gasteiger partial charge on any atom is 0.140 e. The van der Waals surface area contributed by atoms with Gasteiger partial charge in [-0.25, -0.2) is 0 Å². The molecule has 12 heavy (non-hydrogen) atoms. The number of rotatable bonds is 2. The van der Waals surface area contributed by atoms with Crippen molar-refractivity contribution in [2.24, 2.45) is 0 Å². The molecule has 3 heteroatoms. The predicted octanol–water partition coefficient (Wildman–Crippen LogP) is 0.982. The van der Waals surface area contributed by atoms with Crippen molar-refractivity contribution >= 4 is 0 Å². The van der Waals surface area contributed by atoms with E-state index >= 15 is 0 Å².